The number of H-pyrrole nitrogens is 2. The second kappa shape index (κ2) is 7.58. The Bertz CT molecular complexity index is 1330. The molecule has 0 radical (unpaired) electrons. The van der Waals surface area contributed by atoms with Gasteiger partial charge in [-0.1, -0.05) is 32.1 Å². The molecule has 0 bridgehead atoms. The number of nitrogens with zero attached hydrogens (tertiary/aromatic N) is 5. The number of pyridine rings is 3. The first-order chi connectivity index (χ1) is 15.3. The third-order valence-electron chi connectivity index (χ3n) is 6.28. The first-order valence-corrected chi connectivity index (χ1v) is 10.9. The smallest absolute Gasteiger partial charge is 0.181 e. The predicted molar refractivity (Wildman–Crippen MR) is 120 cm³/mol. The number of imidazole rings is 1. The van der Waals surface area contributed by atoms with Gasteiger partial charge in [-0.3, -0.25) is 10.1 Å². The summed E-state index contributed by atoms with van der Waals surface area (Å²) in [6.45, 7) is 0. The van der Waals surface area contributed by atoms with E-state index in [1.165, 1.54) is 37.7 Å². The van der Waals surface area contributed by atoms with E-state index >= 15 is 0 Å². The number of fused-ring (bicyclic) bond motifs is 2. The number of aromatic nitrogens is 7. The molecule has 0 aromatic carbocycles. The van der Waals surface area contributed by atoms with Crippen LogP contribution in [-0.4, -0.2) is 35.1 Å². The molecular weight excluding hydrogens is 386 g/mol. The van der Waals surface area contributed by atoms with Crippen molar-refractivity contribution in [3.05, 3.63) is 54.6 Å². The predicted octanol–water partition coefficient (Wildman–Crippen LogP) is 5.08. The molecule has 6 rings (SSSR count). The van der Waals surface area contributed by atoms with E-state index in [1.54, 1.807) is 6.20 Å². The average molecular weight is 409 g/mol. The molecule has 0 aliphatic heterocycles. The van der Waals surface area contributed by atoms with Gasteiger partial charge in [0, 0.05) is 35.9 Å². The first-order valence-electron chi connectivity index (χ1n) is 10.9. The van der Waals surface area contributed by atoms with Gasteiger partial charge >= 0.3 is 0 Å². The lowest BCUT2D eigenvalue weighted by atomic mass is 9.85. The summed E-state index contributed by atoms with van der Waals surface area (Å²) >= 11 is 0. The van der Waals surface area contributed by atoms with Crippen LogP contribution in [0.25, 0.3) is 44.8 Å². The van der Waals surface area contributed by atoms with Gasteiger partial charge in [0.2, 0.25) is 0 Å². The van der Waals surface area contributed by atoms with Crippen molar-refractivity contribution in [3.8, 4) is 22.6 Å². The van der Waals surface area contributed by atoms with Crippen LogP contribution in [-0.2, 0) is 6.42 Å². The Morgan fingerprint density at radius 2 is 1.84 bits per heavy atom. The van der Waals surface area contributed by atoms with Gasteiger partial charge in [-0.05, 0) is 42.2 Å². The van der Waals surface area contributed by atoms with E-state index in [0.717, 1.165) is 40.1 Å². The molecule has 5 aromatic heterocycles. The maximum Gasteiger partial charge on any atom is 0.181 e. The van der Waals surface area contributed by atoms with Crippen LogP contribution in [0.5, 0.6) is 0 Å². The molecule has 7 heteroatoms. The Kier molecular flexibility index (Phi) is 4.44. The molecule has 0 amide bonds. The maximum atomic E-state index is 4.61. The van der Waals surface area contributed by atoms with Crippen molar-refractivity contribution in [2.75, 3.05) is 0 Å². The summed E-state index contributed by atoms with van der Waals surface area (Å²) < 4.78 is 0. The van der Waals surface area contributed by atoms with Crippen molar-refractivity contribution in [2.24, 2.45) is 5.92 Å². The monoisotopic (exact) mass is 409 g/mol. The van der Waals surface area contributed by atoms with Crippen molar-refractivity contribution in [1.82, 2.24) is 35.1 Å². The number of nitrogens with one attached hydrogen (secondary N) is 2. The second-order valence-corrected chi connectivity index (χ2v) is 8.44. The molecule has 2 N–H and O–H groups in total. The van der Waals surface area contributed by atoms with E-state index in [0.29, 0.717) is 17.1 Å². The molecule has 0 unspecified atom stereocenters. The Hall–Kier alpha value is -3.61. The van der Waals surface area contributed by atoms with Crippen LogP contribution in [0.4, 0.5) is 0 Å². The standard InChI is InChI=1S/C24H23N7/c1-2-5-15(6-3-1)9-16-10-17(13-25-12-16)18-11-19-21(30-31-22(19)27-14-18)24-28-20-7-4-8-26-23(20)29-24/h4,7-8,10-15H,1-3,5-6,9H2,(H,26,28,29)(H,27,30,31). The normalized spacial score (nSPS) is 15.1. The van der Waals surface area contributed by atoms with E-state index in [4.69, 9.17) is 0 Å². The van der Waals surface area contributed by atoms with E-state index in [2.05, 4.69) is 47.2 Å². The Labute approximate surface area is 179 Å². The van der Waals surface area contributed by atoms with Crippen LogP contribution in [0, 0.1) is 5.92 Å². The van der Waals surface area contributed by atoms with Crippen molar-refractivity contribution < 1.29 is 0 Å². The zero-order chi connectivity index (χ0) is 20.6. The van der Waals surface area contributed by atoms with Crippen molar-refractivity contribution >= 4 is 22.2 Å². The fourth-order valence-corrected chi connectivity index (χ4v) is 4.68. The molecule has 31 heavy (non-hydrogen) atoms. The first kappa shape index (κ1) is 18.2. The van der Waals surface area contributed by atoms with Gasteiger partial charge in [-0.2, -0.15) is 5.10 Å². The lowest BCUT2D eigenvalue weighted by Crippen LogP contribution is -2.09. The van der Waals surface area contributed by atoms with E-state index in [9.17, 15) is 0 Å². The van der Waals surface area contributed by atoms with Gasteiger partial charge in [0.15, 0.2) is 17.1 Å². The molecule has 1 aliphatic rings. The molecule has 0 saturated heterocycles. The van der Waals surface area contributed by atoms with Gasteiger partial charge in [0.05, 0.1) is 10.9 Å². The number of hydrogen-bond acceptors (Lipinski definition) is 5. The minimum absolute atomic E-state index is 0.665. The molecule has 7 nitrogen and oxygen atoms in total. The summed E-state index contributed by atoms with van der Waals surface area (Å²) in [6.07, 6.45) is 15.4. The van der Waals surface area contributed by atoms with Crippen molar-refractivity contribution in [1.29, 1.82) is 0 Å². The summed E-state index contributed by atoms with van der Waals surface area (Å²) in [5.41, 5.74) is 6.48. The van der Waals surface area contributed by atoms with Crippen LogP contribution >= 0.6 is 0 Å². The van der Waals surface area contributed by atoms with Gasteiger partial charge in [0.25, 0.3) is 0 Å². The Balaban J connectivity index is 1.36. The third-order valence-corrected chi connectivity index (χ3v) is 6.28. The minimum Gasteiger partial charge on any atom is -0.335 e. The minimum atomic E-state index is 0.665. The van der Waals surface area contributed by atoms with Gasteiger partial charge in [-0.25, -0.2) is 15.0 Å². The third kappa shape index (κ3) is 3.46. The summed E-state index contributed by atoms with van der Waals surface area (Å²) in [5.74, 6) is 1.49. The SMILES string of the molecule is c1cnc2nc(-c3[nH]nc4ncc(-c5cncc(CC6CCCCC6)c5)cc34)[nH]c2c1. The van der Waals surface area contributed by atoms with Crippen LogP contribution in [0.1, 0.15) is 37.7 Å². The molecule has 1 saturated carbocycles. The Morgan fingerprint density at radius 1 is 0.935 bits per heavy atom. The molecule has 5 heterocycles. The molecular formula is C24H23N7. The lowest BCUT2D eigenvalue weighted by Gasteiger charge is -2.21. The second-order valence-electron chi connectivity index (χ2n) is 8.44. The highest BCUT2D eigenvalue weighted by Gasteiger charge is 2.16. The van der Waals surface area contributed by atoms with Gasteiger partial charge in [0.1, 0.15) is 5.69 Å². The quantitative estimate of drug-likeness (QED) is 0.431. The highest BCUT2D eigenvalue weighted by atomic mass is 15.2. The molecule has 0 spiro atoms. The van der Waals surface area contributed by atoms with Crippen LogP contribution in [0.3, 0.4) is 0 Å². The summed E-state index contributed by atoms with van der Waals surface area (Å²) in [4.78, 5) is 21.3. The van der Waals surface area contributed by atoms with E-state index in [1.807, 2.05) is 30.7 Å². The van der Waals surface area contributed by atoms with Gasteiger partial charge in [-0.15, -0.1) is 0 Å². The zero-order valence-corrected chi connectivity index (χ0v) is 17.2. The topological polar surface area (TPSA) is 96.0 Å². The molecule has 154 valence electrons. The van der Waals surface area contributed by atoms with Crippen LogP contribution in [0.15, 0.2) is 49.1 Å². The van der Waals surface area contributed by atoms with Crippen molar-refractivity contribution in [3.63, 3.8) is 0 Å². The summed E-state index contributed by atoms with van der Waals surface area (Å²) in [5, 5.41) is 8.37. The van der Waals surface area contributed by atoms with Crippen molar-refractivity contribution in [2.45, 2.75) is 38.5 Å². The van der Waals surface area contributed by atoms with E-state index < -0.39 is 0 Å². The molecule has 0 atom stereocenters. The highest BCUT2D eigenvalue weighted by molar-refractivity contribution is 5.93. The summed E-state index contributed by atoms with van der Waals surface area (Å²) in [6, 6.07) is 8.23. The van der Waals surface area contributed by atoms with Crippen LogP contribution in [0.2, 0.25) is 0 Å². The highest BCUT2D eigenvalue weighted by Crippen LogP contribution is 2.30. The maximum absolute atomic E-state index is 4.61. The molecule has 1 fully saturated rings. The van der Waals surface area contributed by atoms with Crippen LogP contribution < -0.4 is 0 Å². The van der Waals surface area contributed by atoms with Gasteiger partial charge < -0.3 is 4.98 Å². The zero-order valence-electron chi connectivity index (χ0n) is 17.2. The number of hydrogen-bond donors (Lipinski definition) is 2. The largest absolute Gasteiger partial charge is 0.335 e. The number of aromatic amines is 2. The van der Waals surface area contributed by atoms with E-state index in [-0.39, 0.29) is 0 Å². The molecule has 5 aromatic rings. The average Bonchev–Trinajstić information content (AvgIpc) is 3.43. The number of rotatable bonds is 4. The molecule has 1 aliphatic carbocycles. The fraction of sp³-hybridized carbons (Fsp3) is 0.292. The Morgan fingerprint density at radius 3 is 2.74 bits per heavy atom. The fourth-order valence-electron chi connectivity index (χ4n) is 4.68. The lowest BCUT2D eigenvalue weighted by molar-refractivity contribution is 0.356. The summed E-state index contributed by atoms with van der Waals surface area (Å²) in [7, 11) is 0.